The topological polar surface area (TPSA) is 66.9 Å². The first-order valence-electron chi connectivity index (χ1n) is 9.99. The Hall–Kier alpha value is -2.25. The van der Waals surface area contributed by atoms with Crippen molar-refractivity contribution in [1.82, 2.24) is 20.2 Å². The molecule has 0 aliphatic carbocycles. The zero-order valence-electron chi connectivity index (χ0n) is 16.5. The highest BCUT2D eigenvalue weighted by Crippen LogP contribution is 2.42. The van der Waals surface area contributed by atoms with E-state index in [-0.39, 0.29) is 5.02 Å². The summed E-state index contributed by atoms with van der Waals surface area (Å²) in [5, 5.41) is 7.25. The third kappa shape index (κ3) is 3.16. The van der Waals surface area contributed by atoms with Gasteiger partial charge in [0.1, 0.15) is 5.52 Å². The van der Waals surface area contributed by atoms with Gasteiger partial charge in [0.05, 0.1) is 29.1 Å². The van der Waals surface area contributed by atoms with Gasteiger partial charge in [-0.15, -0.1) is 0 Å². The Morgan fingerprint density at radius 3 is 2.79 bits per heavy atom. The van der Waals surface area contributed by atoms with Gasteiger partial charge in [0.25, 0.3) is 0 Å². The monoisotopic (exact) mass is 415 g/mol. The summed E-state index contributed by atoms with van der Waals surface area (Å²) in [5.41, 5.74) is 3.01. The van der Waals surface area contributed by atoms with Crippen molar-refractivity contribution >= 4 is 28.6 Å². The van der Waals surface area contributed by atoms with Crippen LogP contribution in [0.25, 0.3) is 22.4 Å². The second kappa shape index (κ2) is 6.92. The van der Waals surface area contributed by atoms with E-state index in [2.05, 4.69) is 22.0 Å². The fourth-order valence-corrected chi connectivity index (χ4v) is 4.86. The molecule has 0 unspecified atom stereocenters. The predicted molar refractivity (Wildman–Crippen MR) is 111 cm³/mol. The van der Waals surface area contributed by atoms with E-state index in [1.165, 1.54) is 6.07 Å². The lowest BCUT2D eigenvalue weighted by atomic mass is 9.77. The maximum atomic E-state index is 14.5. The summed E-state index contributed by atoms with van der Waals surface area (Å²) in [6, 6.07) is 4.89. The lowest BCUT2D eigenvalue weighted by molar-refractivity contribution is 0.0976. The number of aryl methyl sites for hydroxylation is 1. The van der Waals surface area contributed by atoms with Gasteiger partial charge in [-0.2, -0.15) is 5.10 Å². The minimum absolute atomic E-state index is 0.0685. The number of aromatic nitrogens is 4. The van der Waals surface area contributed by atoms with Gasteiger partial charge in [0.2, 0.25) is 5.65 Å². The van der Waals surface area contributed by atoms with Gasteiger partial charge in [-0.3, -0.25) is 5.10 Å². The third-order valence-electron chi connectivity index (χ3n) is 6.28. The summed E-state index contributed by atoms with van der Waals surface area (Å²) in [5.74, 6) is 0.363. The van der Waals surface area contributed by atoms with Crippen LogP contribution in [-0.2, 0) is 4.74 Å². The van der Waals surface area contributed by atoms with E-state index < -0.39 is 5.82 Å². The lowest BCUT2D eigenvalue weighted by Crippen LogP contribution is -2.41. The highest BCUT2D eigenvalue weighted by molar-refractivity contribution is 6.31. The molecule has 0 radical (unpaired) electrons. The molecular formula is C21H23ClFN5O. The van der Waals surface area contributed by atoms with Crippen LogP contribution in [0.3, 0.4) is 0 Å². The zero-order chi connectivity index (χ0) is 20.2. The molecule has 29 heavy (non-hydrogen) atoms. The van der Waals surface area contributed by atoms with Crippen LogP contribution in [0.15, 0.2) is 18.2 Å². The molecule has 0 bridgehead atoms. The first-order valence-corrected chi connectivity index (χ1v) is 10.4. The second-order valence-corrected chi connectivity index (χ2v) is 8.72. The van der Waals surface area contributed by atoms with Crippen molar-refractivity contribution in [3.8, 4) is 11.3 Å². The van der Waals surface area contributed by atoms with E-state index in [9.17, 15) is 4.39 Å². The van der Waals surface area contributed by atoms with Crippen molar-refractivity contribution in [2.75, 3.05) is 24.6 Å². The molecule has 2 aromatic heterocycles. The first kappa shape index (κ1) is 18.8. The highest BCUT2D eigenvalue weighted by Gasteiger charge is 2.41. The molecule has 1 aromatic carbocycles. The Bertz CT molecular complexity index is 1080. The molecule has 2 aliphatic heterocycles. The van der Waals surface area contributed by atoms with E-state index in [4.69, 9.17) is 26.3 Å². The average Bonchev–Trinajstić information content (AvgIpc) is 3.27. The number of hydrogen-bond acceptors (Lipinski definition) is 5. The standard InChI is InChI=1S/C21H23ClFN5O/c1-12-10-21(11-29-12)6-8-28(9-7-21)20-13(2)24-18-17(26-27-19(18)25-20)14-4-3-5-15(22)16(14)23/h3-5,12H,6-11H2,1-2H3,(H,25,26,27)/t12-/m0/s1. The van der Waals surface area contributed by atoms with Crippen LogP contribution in [0.2, 0.25) is 5.02 Å². The molecule has 152 valence electrons. The highest BCUT2D eigenvalue weighted by atomic mass is 35.5. The maximum absolute atomic E-state index is 14.5. The predicted octanol–water partition coefficient (Wildman–Crippen LogP) is 4.52. The molecule has 3 aromatic rings. The number of halogens is 2. The molecule has 2 saturated heterocycles. The Kier molecular flexibility index (Phi) is 4.47. The number of nitrogens with one attached hydrogen (secondary N) is 1. The summed E-state index contributed by atoms with van der Waals surface area (Å²) >= 11 is 5.94. The number of aromatic amines is 1. The summed E-state index contributed by atoms with van der Waals surface area (Å²) < 4.78 is 20.3. The molecule has 0 amide bonds. The van der Waals surface area contributed by atoms with Crippen molar-refractivity contribution in [1.29, 1.82) is 0 Å². The number of ether oxygens (including phenoxy) is 1. The van der Waals surface area contributed by atoms with Gasteiger partial charge >= 0.3 is 0 Å². The fourth-order valence-electron chi connectivity index (χ4n) is 4.68. The van der Waals surface area contributed by atoms with Crippen molar-refractivity contribution in [2.45, 2.75) is 39.2 Å². The van der Waals surface area contributed by atoms with Crippen molar-refractivity contribution in [3.05, 3.63) is 34.7 Å². The molecule has 2 aliphatic rings. The molecule has 4 heterocycles. The number of nitrogens with zero attached hydrogens (tertiary/aromatic N) is 4. The number of piperidine rings is 1. The van der Waals surface area contributed by atoms with Crippen molar-refractivity contribution < 1.29 is 9.13 Å². The largest absolute Gasteiger partial charge is 0.378 e. The van der Waals surface area contributed by atoms with Crippen LogP contribution in [0.1, 0.15) is 31.9 Å². The second-order valence-electron chi connectivity index (χ2n) is 8.32. The Labute approximate surface area is 173 Å². The molecule has 1 spiro atoms. The van der Waals surface area contributed by atoms with E-state index in [0.717, 1.165) is 50.5 Å². The van der Waals surface area contributed by atoms with Crippen LogP contribution in [-0.4, -0.2) is 46.0 Å². The van der Waals surface area contributed by atoms with Gasteiger partial charge in [0.15, 0.2) is 11.6 Å². The minimum atomic E-state index is -0.488. The minimum Gasteiger partial charge on any atom is -0.378 e. The summed E-state index contributed by atoms with van der Waals surface area (Å²) in [6.07, 6.45) is 3.68. The molecule has 8 heteroatoms. The van der Waals surface area contributed by atoms with Crippen LogP contribution in [0.4, 0.5) is 10.2 Å². The van der Waals surface area contributed by atoms with Gasteiger partial charge in [-0.1, -0.05) is 17.7 Å². The lowest BCUT2D eigenvalue weighted by Gasteiger charge is -2.39. The van der Waals surface area contributed by atoms with Crippen LogP contribution >= 0.6 is 11.6 Å². The molecule has 6 nitrogen and oxygen atoms in total. The van der Waals surface area contributed by atoms with Crippen molar-refractivity contribution in [2.24, 2.45) is 5.41 Å². The van der Waals surface area contributed by atoms with Crippen molar-refractivity contribution in [3.63, 3.8) is 0 Å². The SMILES string of the molecule is Cc1nc2c(-c3cccc(Cl)c3F)[nH]nc2nc1N1CCC2(CC1)CO[C@@H](C)C2. The number of anilines is 1. The molecule has 2 fully saturated rings. The van der Waals surface area contributed by atoms with Gasteiger partial charge < -0.3 is 9.64 Å². The number of hydrogen-bond donors (Lipinski definition) is 1. The third-order valence-corrected chi connectivity index (χ3v) is 6.57. The number of fused-ring (bicyclic) bond motifs is 1. The Balaban J connectivity index is 1.45. The number of H-pyrrole nitrogens is 1. The molecular weight excluding hydrogens is 393 g/mol. The fraction of sp³-hybridized carbons (Fsp3) is 0.476. The number of benzene rings is 1. The normalized spacial score (nSPS) is 21.4. The first-order chi connectivity index (χ1) is 14.0. The van der Waals surface area contributed by atoms with Gasteiger partial charge in [-0.05, 0) is 50.7 Å². The van der Waals surface area contributed by atoms with Crippen LogP contribution < -0.4 is 4.90 Å². The molecule has 0 saturated carbocycles. The summed E-state index contributed by atoms with van der Waals surface area (Å²) in [4.78, 5) is 11.8. The summed E-state index contributed by atoms with van der Waals surface area (Å²) in [6.45, 7) is 6.81. The Morgan fingerprint density at radius 2 is 2.07 bits per heavy atom. The van der Waals surface area contributed by atoms with E-state index >= 15 is 0 Å². The smallest absolute Gasteiger partial charge is 0.202 e. The van der Waals surface area contributed by atoms with Crippen LogP contribution in [0, 0.1) is 18.2 Å². The zero-order valence-corrected chi connectivity index (χ0v) is 17.3. The van der Waals surface area contributed by atoms with Crippen LogP contribution in [0.5, 0.6) is 0 Å². The summed E-state index contributed by atoms with van der Waals surface area (Å²) in [7, 11) is 0. The van der Waals surface area contributed by atoms with E-state index in [1.807, 2.05) is 6.92 Å². The molecule has 1 N–H and O–H groups in total. The number of rotatable bonds is 2. The molecule has 5 rings (SSSR count). The average molecular weight is 416 g/mol. The molecule has 1 atom stereocenters. The Morgan fingerprint density at radius 1 is 1.28 bits per heavy atom. The quantitative estimate of drug-likeness (QED) is 0.666. The van der Waals surface area contributed by atoms with E-state index in [0.29, 0.717) is 33.9 Å². The van der Waals surface area contributed by atoms with Gasteiger partial charge in [-0.25, -0.2) is 14.4 Å². The maximum Gasteiger partial charge on any atom is 0.202 e. The van der Waals surface area contributed by atoms with E-state index in [1.54, 1.807) is 12.1 Å². The van der Waals surface area contributed by atoms with Gasteiger partial charge in [0, 0.05) is 18.7 Å².